The smallest absolute Gasteiger partial charge is 0.166 e. The van der Waals surface area contributed by atoms with Crippen LogP contribution in [0.1, 0.15) is 40.0 Å². The Balaban J connectivity index is 4.90. The second-order valence-corrected chi connectivity index (χ2v) is 3.70. The van der Waals surface area contributed by atoms with E-state index in [4.69, 9.17) is 0 Å². The molecule has 0 bridgehead atoms. The summed E-state index contributed by atoms with van der Waals surface area (Å²) in [6.45, 7) is 5.56. The molecular formula is C13H19F3. The van der Waals surface area contributed by atoms with Crippen molar-refractivity contribution < 1.29 is 13.2 Å². The highest BCUT2D eigenvalue weighted by Crippen LogP contribution is 2.28. The van der Waals surface area contributed by atoms with Crippen LogP contribution in [0.25, 0.3) is 0 Å². The van der Waals surface area contributed by atoms with E-state index in [2.05, 4.69) is 0 Å². The average Bonchev–Trinajstić information content (AvgIpc) is 2.15. The molecule has 0 radical (unpaired) electrons. The molecule has 0 spiro atoms. The molecule has 0 saturated carbocycles. The van der Waals surface area contributed by atoms with Crippen LogP contribution < -0.4 is 0 Å². The fourth-order valence-electron chi connectivity index (χ4n) is 1.26. The molecule has 0 aromatic rings. The number of hydrogen-bond acceptors (Lipinski definition) is 0. The van der Waals surface area contributed by atoms with E-state index in [9.17, 15) is 13.2 Å². The summed E-state index contributed by atoms with van der Waals surface area (Å²) >= 11 is 0. The van der Waals surface area contributed by atoms with Crippen LogP contribution in [0.5, 0.6) is 0 Å². The van der Waals surface area contributed by atoms with Gasteiger partial charge in [-0.25, -0.2) is 0 Å². The minimum atomic E-state index is -4.27. The third-order valence-corrected chi connectivity index (χ3v) is 2.02. The van der Waals surface area contributed by atoms with Gasteiger partial charge in [0.2, 0.25) is 0 Å². The van der Waals surface area contributed by atoms with Crippen LogP contribution >= 0.6 is 0 Å². The van der Waals surface area contributed by atoms with E-state index in [-0.39, 0.29) is 0 Å². The van der Waals surface area contributed by atoms with E-state index >= 15 is 0 Å². The van der Waals surface area contributed by atoms with Gasteiger partial charge >= 0.3 is 6.18 Å². The molecular weight excluding hydrogens is 213 g/mol. The lowest BCUT2D eigenvalue weighted by atomic mass is 10.1. The van der Waals surface area contributed by atoms with Gasteiger partial charge in [-0.3, -0.25) is 0 Å². The van der Waals surface area contributed by atoms with Gasteiger partial charge in [0.05, 0.1) is 5.57 Å². The number of hydrogen-bond donors (Lipinski definition) is 0. The molecule has 0 fully saturated rings. The lowest BCUT2D eigenvalue weighted by molar-refractivity contribution is -0.0882. The highest BCUT2D eigenvalue weighted by atomic mass is 19.4. The summed E-state index contributed by atoms with van der Waals surface area (Å²) in [4.78, 5) is 0. The summed E-state index contributed by atoms with van der Waals surface area (Å²) in [5.74, 6) is 0. The zero-order valence-corrected chi connectivity index (χ0v) is 10.1. The molecule has 0 N–H and O–H groups in total. The second kappa shape index (κ2) is 7.31. The van der Waals surface area contributed by atoms with E-state index in [1.807, 2.05) is 13.8 Å². The molecule has 0 atom stereocenters. The van der Waals surface area contributed by atoms with Gasteiger partial charge in [-0.05, 0) is 19.8 Å². The molecule has 16 heavy (non-hydrogen) atoms. The van der Waals surface area contributed by atoms with Crippen molar-refractivity contribution in [2.75, 3.05) is 0 Å². The Kier molecular flexibility index (Phi) is 6.86. The summed E-state index contributed by atoms with van der Waals surface area (Å²) in [6, 6.07) is 0. The quantitative estimate of drug-likeness (QED) is 0.572. The Labute approximate surface area is 95.5 Å². The molecule has 0 unspecified atom stereocenters. The zero-order chi connectivity index (χ0) is 12.6. The topological polar surface area (TPSA) is 0 Å². The van der Waals surface area contributed by atoms with Gasteiger partial charge in [-0.2, -0.15) is 13.2 Å². The summed E-state index contributed by atoms with van der Waals surface area (Å²) in [6.07, 6.45) is 3.54. The van der Waals surface area contributed by atoms with Crippen LogP contribution in [0.4, 0.5) is 13.2 Å². The monoisotopic (exact) mass is 232 g/mol. The maximum Gasteiger partial charge on any atom is 0.416 e. The second-order valence-electron chi connectivity index (χ2n) is 3.70. The van der Waals surface area contributed by atoms with E-state index in [0.717, 1.165) is 24.5 Å². The lowest BCUT2D eigenvalue weighted by Gasteiger charge is -2.08. The molecule has 92 valence electrons. The summed E-state index contributed by atoms with van der Waals surface area (Å²) in [5.41, 5.74) is 0.180. The Morgan fingerprint density at radius 2 is 1.81 bits per heavy atom. The molecule has 0 aliphatic heterocycles. The first kappa shape index (κ1) is 15.0. The van der Waals surface area contributed by atoms with Crippen LogP contribution in [-0.4, -0.2) is 6.18 Å². The fraction of sp³-hybridized carbons (Fsp3) is 0.538. The normalized spacial score (nSPS) is 14.9. The SMILES string of the molecule is CC/C=C/C=C(\C=C(/C)CCC)C(F)(F)F. The molecule has 0 aromatic carbocycles. The Morgan fingerprint density at radius 1 is 1.19 bits per heavy atom. The number of alkyl halides is 3. The van der Waals surface area contributed by atoms with Crippen LogP contribution in [0.2, 0.25) is 0 Å². The first-order chi connectivity index (χ1) is 7.41. The van der Waals surface area contributed by atoms with Crippen molar-refractivity contribution >= 4 is 0 Å². The van der Waals surface area contributed by atoms with Crippen molar-refractivity contribution in [2.45, 2.75) is 46.2 Å². The maximum atomic E-state index is 12.6. The minimum Gasteiger partial charge on any atom is -0.166 e. The highest BCUT2D eigenvalue weighted by Gasteiger charge is 2.31. The maximum absolute atomic E-state index is 12.6. The van der Waals surface area contributed by atoms with Crippen LogP contribution in [0, 0.1) is 0 Å². The van der Waals surface area contributed by atoms with E-state index in [0.29, 0.717) is 6.42 Å². The average molecular weight is 232 g/mol. The molecule has 0 saturated heterocycles. The number of rotatable bonds is 5. The molecule has 0 heterocycles. The highest BCUT2D eigenvalue weighted by molar-refractivity contribution is 5.30. The first-order valence-electron chi connectivity index (χ1n) is 5.53. The van der Waals surface area contributed by atoms with E-state index in [1.165, 1.54) is 12.2 Å². The summed E-state index contributed by atoms with van der Waals surface area (Å²) in [5, 5.41) is 0. The van der Waals surface area contributed by atoms with Gasteiger partial charge in [-0.15, -0.1) is 0 Å². The van der Waals surface area contributed by atoms with Crippen LogP contribution in [-0.2, 0) is 0 Å². The summed E-state index contributed by atoms with van der Waals surface area (Å²) < 4.78 is 37.8. The molecule has 0 aromatic heterocycles. The lowest BCUT2D eigenvalue weighted by Crippen LogP contribution is -2.10. The Hall–Kier alpha value is -0.990. The number of halogens is 3. The molecule has 0 aliphatic rings. The predicted octanol–water partition coefficient (Wildman–Crippen LogP) is 5.19. The standard InChI is InChI=1S/C13H19F3/c1-4-6-7-9-12(13(14,15)16)10-11(3)8-5-2/h6-7,9-10H,4-5,8H2,1-3H3/b7-6+,11-10+,12-9+. The minimum absolute atomic E-state index is 0.580. The van der Waals surface area contributed by atoms with Gasteiger partial charge in [0.25, 0.3) is 0 Å². The van der Waals surface area contributed by atoms with Crippen molar-refractivity contribution in [3.63, 3.8) is 0 Å². The summed E-state index contributed by atoms with van der Waals surface area (Å²) in [7, 11) is 0. The van der Waals surface area contributed by atoms with E-state index in [1.54, 1.807) is 13.0 Å². The number of allylic oxidation sites excluding steroid dienone is 6. The van der Waals surface area contributed by atoms with Crippen molar-refractivity contribution in [2.24, 2.45) is 0 Å². The zero-order valence-electron chi connectivity index (χ0n) is 10.1. The molecule has 0 amide bonds. The Bertz CT molecular complexity index is 280. The van der Waals surface area contributed by atoms with Crippen molar-refractivity contribution in [3.8, 4) is 0 Å². The third-order valence-electron chi connectivity index (χ3n) is 2.02. The van der Waals surface area contributed by atoms with Gasteiger partial charge in [0.15, 0.2) is 0 Å². The van der Waals surface area contributed by atoms with Gasteiger partial charge in [-0.1, -0.05) is 50.1 Å². The Morgan fingerprint density at radius 3 is 2.25 bits per heavy atom. The largest absolute Gasteiger partial charge is 0.416 e. The predicted molar refractivity (Wildman–Crippen MR) is 62.2 cm³/mol. The fourth-order valence-corrected chi connectivity index (χ4v) is 1.26. The van der Waals surface area contributed by atoms with Crippen molar-refractivity contribution in [1.82, 2.24) is 0 Å². The van der Waals surface area contributed by atoms with Crippen LogP contribution in [0.3, 0.4) is 0 Å². The van der Waals surface area contributed by atoms with Crippen molar-refractivity contribution in [3.05, 3.63) is 35.5 Å². The van der Waals surface area contributed by atoms with Gasteiger partial charge in [0.1, 0.15) is 0 Å². The van der Waals surface area contributed by atoms with Gasteiger partial charge in [0, 0.05) is 0 Å². The first-order valence-corrected chi connectivity index (χ1v) is 5.53. The third kappa shape index (κ3) is 6.49. The molecule has 0 nitrogen and oxygen atoms in total. The molecule has 0 rings (SSSR count). The molecule has 0 aliphatic carbocycles. The van der Waals surface area contributed by atoms with Crippen molar-refractivity contribution in [1.29, 1.82) is 0 Å². The molecule has 3 heteroatoms. The van der Waals surface area contributed by atoms with E-state index < -0.39 is 11.7 Å². The van der Waals surface area contributed by atoms with Gasteiger partial charge < -0.3 is 0 Å². The van der Waals surface area contributed by atoms with Crippen LogP contribution in [0.15, 0.2) is 35.5 Å².